The van der Waals surface area contributed by atoms with Crippen LogP contribution in [0.3, 0.4) is 0 Å². The Morgan fingerprint density at radius 2 is 1.65 bits per heavy atom. The second-order valence-corrected chi connectivity index (χ2v) is 10.6. The molecule has 0 bridgehead atoms. The standard InChI is InChI=1S/C24H28N2O3S2/c1-17(2)16-19-5-10-20(11-6-19)24(22-4-3-15-30-22)26-23(27)14-9-18-7-12-21(13-8-18)31(25,28)29/h3-8,10-13,15,17,24H,9,14,16H2,1-2H3,(H,26,27)(H2,25,28,29). The number of rotatable bonds is 9. The summed E-state index contributed by atoms with van der Waals surface area (Å²) in [5.74, 6) is 0.540. The Morgan fingerprint density at radius 1 is 1.00 bits per heavy atom. The van der Waals surface area contributed by atoms with E-state index in [1.165, 1.54) is 17.7 Å². The molecule has 1 unspecified atom stereocenters. The Morgan fingerprint density at radius 3 is 2.19 bits per heavy atom. The van der Waals surface area contributed by atoms with Gasteiger partial charge in [0.05, 0.1) is 10.9 Å². The van der Waals surface area contributed by atoms with Crippen LogP contribution in [0.25, 0.3) is 0 Å². The molecule has 0 fully saturated rings. The van der Waals surface area contributed by atoms with E-state index < -0.39 is 10.0 Å². The molecule has 1 amide bonds. The van der Waals surface area contributed by atoms with Gasteiger partial charge < -0.3 is 5.32 Å². The average Bonchev–Trinajstić information content (AvgIpc) is 3.25. The van der Waals surface area contributed by atoms with Gasteiger partial charge in [0.15, 0.2) is 0 Å². The summed E-state index contributed by atoms with van der Waals surface area (Å²) in [6, 6.07) is 18.6. The smallest absolute Gasteiger partial charge is 0.238 e. The normalized spacial score (nSPS) is 12.6. The summed E-state index contributed by atoms with van der Waals surface area (Å²) in [6.07, 6.45) is 1.85. The molecule has 0 saturated heterocycles. The van der Waals surface area contributed by atoms with E-state index >= 15 is 0 Å². The highest BCUT2D eigenvalue weighted by molar-refractivity contribution is 7.89. The van der Waals surface area contributed by atoms with Crippen LogP contribution in [-0.2, 0) is 27.7 Å². The number of nitrogens with one attached hydrogen (secondary N) is 1. The Kier molecular flexibility index (Phi) is 7.64. The van der Waals surface area contributed by atoms with Crippen LogP contribution >= 0.6 is 11.3 Å². The molecule has 3 rings (SSSR count). The van der Waals surface area contributed by atoms with Gasteiger partial charge in [-0.3, -0.25) is 4.79 Å². The van der Waals surface area contributed by atoms with Crippen molar-refractivity contribution in [2.45, 2.75) is 44.0 Å². The van der Waals surface area contributed by atoms with Gasteiger partial charge in [-0.15, -0.1) is 11.3 Å². The number of hydrogen-bond acceptors (Lipinski definition) is 4. The molecule has 0 radical (unpaired) electrons. The lowest BCUT2D eigenvalue weighted by Gasteiger charge is -2.19. The van der Waals surface area contributed by atoms with Crippen molar-refractivity contribution in [3.05, 3.63) is 87.6 Å². The van der Waals surface area contributed by atoms with Crippen LogP contribution in [0.1, 0.15) is 47.9 Å². The summed E-state index contributed by atoms with van der Waals surface area (Å²) < 4.78 is 22.7. The SMILES string of the molecule is CC(C)Cc1ccc(C(NC(=O)CCc2ccc(S(N)(=O)=O)cc2)c2cccs2)cc1. The molecule has 1 heterocycles. The van der Waals surface area contributed by atoms with Crippen LogP contribution in [0.4, 0.5) is 0 Å². The summed E-state index contributed by atoms with van der Waals surface area (Å²) in [5.41, 5.74) is 3.23. The molecule has 3 N–H and O–H groups in total. The first-order valence-electron chi connectivity index (χ1n) is 10.3. The predicted octanol–water partition coefficient (Wildman–Crippen LogP) is 4.43. The van der Waals surface area contributed by atoms with Crippen LogP contribution in [0.15, 0.2) is 70.9 Å². The minimum atomic E-state index is -3.71. The molecule has 2 aromatic carbocycles. The largest absolute Gasteiger partial charge is 0.344 e. The van der Waals surface area contributed by atoms with Crippen molar-refractivity contribution >= 4 is 27.3 Å². The highest BCUT2D eigenvalue weighted by atomic mass is 32.2. The number of primary sulfonamides is 1. The molecule has 1 atom stereocenters. The zero-order valence-electron chi connectivity index (χ0n) is 17.7. The third kappa shape index (κ3) is 6.75. The molecule has 7 heteroatoms. The van der Waals surface area contributed by atoms with Crippen molar-refractivity contribution < 1.29 is 13.2 Å². The predicted molar refractivity (Wildman–Crippen MR) is 125 cm³/mol. The first-order valence-corrected chi connectivity index (χ1v) is 12.7. The number of amides is 1. The van der Waals surface area contributed by atoms with Crippen molar-refractivity contribution in [3.63, 3.8) is 0 Å². The first-order chi connectivity index (χ1) is 14.7. The molecular weight excluding hydrogens is 428 g/mol. The zero-order valence-corrected chi connectivity index (χ0v) is 19.4. The molecule has 0 spiro atoms. The molecule has 0 aliphatic heterocycles. The van der Waals surface area contributed by atoms with Crippen LogP contribution in [0, 0.1) is 5.92 Å². The van der Waals surface area contributed by atoms with E-state index in [1.807, 2.05) is 17.5 Å². The van der Waals surface area contributed by atoms with E-state index in [9.17, 15) is 13.2 Å². The molecule has 3 aromatic rings. The van der Waals surface area contributed by atoms with Crippen molar-refractivity contribution in [3.8, 4) is 0 Å². The second-order valence-electron chi connectivity index (χ2n) is 8.04. The lowest BCUT2D eigenvalue weighted by Crippen LogP contribution is -2.29. The minimum Gasteiger partial charge on any atom is -0.344 e. The summed E-state index contributed by atoms with van der Waals surface area (Å²) in [7, 11) is -3.71. The number of carbonyl (C=O) groups excluding carboxylic acids is 1. The molecule has 0 saturated carbocycles. The van der Waals surface area contributed by atoms with Gasteiger partial charge >= 0.3 is 0 Å². The van der Waals surface area contributed by atoms with Gasteiger partial charge in [0, 0.05) is 11.3 Å². The van der Waals surface area contributed by atoms with E-state index in [0.29, 0.717) is 18.8 Å². The van der Waals surface area contributed by atoms with Gasteiger partial charge in [-0.05, 0) is 59.0 Å². The van der Waals surface area contributed by atoms with Crippen LogP contribution < -0.4 is 10.5 Å². The minimum absolute atomic E-state index is 0.0554. The lowest BCUT2D eigenvalue weighted by atomic mass is 9.98. The lowest BCUT2D eigenvalue weighted by molar-refractivity contribution is -0.121. The highest BCUT2D eigenvalue weighted by Gasteiger charge is 2.18. The number of hydrogen-bond donors (Lipinski definition) is 2. The maximum atomic E-state index is 12.7. The van der Waals surface area contributed by atoms with Gasteiger partial charge in [0.1, 0.15) is 0 Å². The van der Waals surface area contributed by atoms with Crippen molar-refractivity contribution in [2.75, 3.05) is 0 Å². The van der Waals surface area contributed by atoms with E-state index in [1.54, 1.807) is 23.5 Å². The van der Waals surface area contributed by atoms with E-state index in [-0.39, 0.29) is 16.8 Å². The van der Waals surface area contributed by atoms with Crippen LogP contribution in [0.5, 0.6) is 0 Å². The molecular formula is C24H28N2O3S2. The van der Waals surface area contributed by atoms with Gasteiger partial charge in [-0.25, -0.2) is 13.6 Å². The topological polar surface area (TPSA) is 89.3 Å². The maximum absolute atomic E-state index is 12.7. The number of benzene rings is 2. The molecule has 5 nitrogen and oxygen atoms in total. The Hall–Kier alpha value is -2.48. The number of thiophene rings is 1. The molecule has 31 heavy (non-hydrogen) atoms. The van der Waals surface area contributed by atoms with Gasteiger partial charge in [0.2, 0.25) is 15.9 Å². The maximum Gasteiger partial charge on any atom is 0.238 e. The fraction of sp³-hybridized carbons (Fsp3) is 0.292. The highest BCUT2D eigenvalue weighted by Crippen LogP contribution is 2.27. The van der Waals surface area contributed by atoms with Crippen molar-refractivity contribution in [1.29, 1.82) is 0 Å². The van der Waals surface area contributed by atoms with Crippen LogP contribution in [0.2, 0.25) is 0 Å². The second kappa shape index (κ2) is 10.2. The van der Waals surface area contributed by atoms with Gasteiger partial charge in [0.25, 0.3) is 0 Å². The van der Waals surface area contributed by atoms with Crippen molar-refractivity contribution in [1.82, 2.24) is 5.32 Å². The summed E-state index contributed by atoms with van der Waals surface area (Å²) in [6.45, 7) is 4.40. The monoisotopic (exact) mass is 456 g/mol. The first kappa shape index (κ1) is 23.2. The van der Waals surface area contributed by atoms with Crippen LogP contribution in [-0.4, -0.2) is 14.3 Å². The number of sulfonamides is 1. The Bertz CT molecular complexity index is 1090. The zero-order chi connectivity index (χ0) is 22.4. The van der Waals surface area contributed by atoms with E-state index in [2.05, 4.69) is 43.4 Å². The Labute approximate surface area is 188 Å². The molecule has 1 aromatic heterocycles. The molecule has 0 aliphatic carbocycles. The molecule has 164 valence electrons. The third-order valence-corrected chi connectivity index (χ3v) is 6.85. The van der Waals surface area contributed by atoms with Gasteiger partial charge in [-0.2, -0.15) is 0 Å². The summed E-state index contributed by atoms with van der Waals surface area (Å²) in [5, 5.41) is 10.3. The van der Waals surface area contributed by atoms with Gasteiger partial charge in [-0.1, -0.05) is 56.3 Å². The Balaban J connectivity index is 1.67. The number of carbonyl (C=O) groups is 1. The fourth-order valence-corrected chi connectivity index (χ4v) is 4.75. The third-order valence-electron chi connectivity index (χ3n) is 4.98. The number of aryl methyl sites for hydroxylation is 1. The average molecular weight is 457 g/mol. The number of nitrogens with two attached hydrogens (primary N) is 1. The van der Waals surface area contributed by atoms with E-state index in [0.717, 1.165) is 22.4 Å². The fourth-order valence-electron chi connectivity index (χ4n) is 3.43. The summed E-state index contributed by atoms with van der Waals surface area (Å²) >= 11 is 1.62. The molecule has 0 aliphatic rings. The van der Waals surface area contributed by atoms with E-state index in [4.69, 9.17) is 5.14 Å². The summed E-state index contributed by atoms with van der Waals surface area (Å²) in [4.78, 5) is 13.9. The van der Waals surface area contributed by atoms with Crippen molar-refractivity contribution in [2.24, 2.45) is 11.1 Å². The quantitative estimate of drug-likeness (QED) is 0.499.